The SMILES string of the molecule is CC[C@@](C)(C(=O)O)N(C)C(=O)CCc1ccccc1. The zero-order valence-corrected chi connectivity index (χ0v) is 11.7. The van der Waals surface area contributed by atoms with E-state index in [-0.39, 0.29) is 5.91 Å². The van der Waals surface area contributed by atoms with Crippen molar-refractivity contribution in [2.75, 3.05) is 7.05 Å². The summed E-state index contributed by atoms with van der Waals surface area (Å²) < 4.78 is 0. The highest BCUT2D eigenvalue weighted by molar-refractivity contribution is 5.86. The number of benzene rings is 1. The molecule has 104 valence electrons. The minimum Gasteiger partial charge on any atom is -0.480 e. The molecule has 4 nitrogen and oxygen atoms in total. The number of rotatable bonds is 6. The van der Waals surface area contributed by atoms with Gasteiger partial charge in [0.25, 0.3) is 0 Å². The lowest BCUT2D eigenvalue weighted by atomic mass is 9.96. The molecule has 0 fully saturated rings. The smallest absolute Gasteiger partial charge is 0.329 e. The van der Waals surface area contributed by atoms with E-state index in [1.807, 2.05) is 30.3 Å². The Morgan fingerprint density at radius 3 is 2.32 bits per heavy atom. The fraction of sp³-hybridized carbons (Fsp3) is 0.467. The maximum absolute atomic E-state index is 12.1. The van der Waals surface area contributed by atoms with Gasteiger partial charge >= 0.3 is 5.97 Å². The van der Waals surface area contributed by atoms with Gasteiger partial charge in [0.1, 0.15) is 5.54 Å². The third kappa shape index (κ3) is 3.56. The fourth-order valence-electron chi connectivity index (χ4n) is 1.87. The van der Waals surface area contributed by atoms with Crippen LogP contribution in [0.5, 0.6) is 0 Å². The Kier molecular flexibility index (Phi) is 5.10. The van der Waals surface area contributed by atoms with Crippen molar-refractivity contribution in [1.82, 2.24) is 4.90 Å². The van der Waals surface area contributed by atoms with Crippen molar-refractivity contribution in [3.05, 3.63) is 35.9 Å². The van der Waals surface area contributed by atoms with Crippen LogP contribution in [0.1, 0.15) is 32.3 Å². The molecule has 1 rings (SSSR count). The zero-order valence-electron chi connectivity index (χ0n) is 11.7. The Morgan fingerprint density at radius 2 is 1.84 bits per heavy atom. The van der Waals surface area contributed by atoms with E-state index in [0.29, 0.717) is 19.3 Å². The molecule has 19 heavy (non-hydrogen) atoms. The first kappa shape index (κ1) is 15.2. The highest BCUT2D eigenvalue weighted by Crippen LogP contribution is 2.19. The molecule has 1 aromatic carbocycles. The normalized spacial score (nSPS) is 13.6. The molecule has 0 bridgehead atoms. The topological polar surface area (TPSA) is 57.6 Å². The summed E-state index contributed by atoms with van der Waals surface area (Å²) in [4.78, 5) is 24.7. The van der Waals surface area contributed by atoms with Crippen molar-refractivity contribution in [1.29, 1.82) is 0 Å². The van der Waals surface area contributed by atoms with E-state index in [4.69, 9.17) is 0 Å². The second-order valence-electron chi connectivity index (χ2n) is 4.87. The molecule has 0 aliphatic heterocycles. The van der Waals surface area contributed by atoms with E-state index >= 15 is 0 Å². The quantitative estimate of drug-likeness (QED) is 0.857. The largest absolute Gasteiger partial charge is 0.480 e. The molecule has 0 spiro atoms. The molecule has 4 heteroatoms. The van der Waals surface area contributed by atoms with E-state index < -0.39 is 11.5 Å². The molecule has 1 amide bonds. The summed E-state index contributed by atoms with van der Waals surface area (Å²) in [5.74, 6) is -1.11. The van der Waals surface area contributed by atoms with Crippen LogP contribution in [-0.4, -0.2) is 34.5 Å². The molecular formula is C15H21NO3. The zero-order chi connectivity index (χ0) is 14.5. The number of hydrogen-bond donors (Lipinski definition) is 1. The van der Waals surface area contributed by atoms with Gasteiger partial charge in [-0.15, -0.1) is 0 Å². The average molecular weight is 263 g/mol. The van der Waals surface area contributed by atoms with Crippen LogP contribution in [0, 0.1) is 0 Å². The number of carboxylic acid groups (broad SMARTS) is 1. The third-order valence-electron chi connectivity index (χ3n) is 3.73. The van der Waals surface area contributed by atoms with E-state index in [1.54, 1.807) is 20.9 Å². The number of likely N-dealkylation sites (N-methyl/N-ethyl adjacent to an activating group) is 1. The van der Waals surface area contributed by atoms with Gasteiger partial charge in [-0.2, -0.15) is 0 Å². The van der Waals surface area contributed by atoms with Crippen LogP contribution in [0.2, 0.25) is 0 Å². The second-order valence-corrected chi connectivity index (χ2v) is 4.87. The number of carbonyl (C=O) groups is 2. The van der Waals surface area contributed by atoms with Crippen molar-refractivity contribution in [3.8, 4) is 0 Å². The Bertz CT molecular complexity index is 444. The van der Waals surface area contributed by atoms with Crippen LogP contribution < -0.4 is 0 Å². The van der Waals surface area contributed by atoms with Crippen LogP contribution >= 0.6 is 0 Å². The van der Waals surface area contributed by atoms with Crippen LogP contribution in [0.25, 0.3) is 0 Å². The van der Waals surface area contributed by atoms with Gasteiger partial charge in [0.2, 0.25) is 5.91 Å². The van der Waals surface area contributed by atoms with Crippen LogP contribution in [0.4, 0.5) is 0 Å². The first-order valence-electron chi connectivity index (χ1n) is 6.45. The molecule has 0 aromatic heterocycles. The molecule has 0 aliphatic carbocycles. The van der Waals surface area contributed by atoms with Gasteiger partial charge in [0.15, 0.2) is 0 Å². The summed E-state index contributed by atoms with van der Waals surface area (Å²) in [5, 5.41) is 9.24. The van der Waals surface area contributed by atoms with Gasteiger partial charge in [-0.25, -0.2) is 4.79 Å². The van der Waals surface area contributed by atoms with Gasteiger partial charge in [-0.05, 0) is 25.3 Å². The minimum atomic E-state index is -1.13. The molecule has 1 N–H and O–H groups in total. The van der Waals surface area contributed by atoms with E-state index in [1.165, 1.54) is 4.90 Å². The molecule has 0 heterocycles. The highest BCUT2D eigenvalue weighted by Gasteiger charge is 2.38. The summed E-state index contributed by atoms with van der Waals surface area (Å²) in [6.07, 6.45) is 1.34. The predicted molar refractivity (Wildman–Crippen MR) is 73.9 cm³/mol. The number of aryl methyl sites for hydroxylation is 1. The molecular weight excluding hydrogens is 242 g/mol. The lowest BCUT2D eigenvalue weighted by Gasteiger charge is -2.34. The first-order chi connectivity index (χ1) is 8.91. The maximum atomic E-state index is 12.1. The summed E-state index contributed by atoms with van der Waals surface area (Å²) in [7, 11) is 1.56. The standard InChI is InChI=1S/C15H21NO3/c1-4-15(2,14(18)19)16(3)13(17)11-10-12-8-6-5-7-9-12/h5-9H,4,10-11H2,1-3H3,(H,18,19)/t15-/m0/s1. The molecule has 0 saturated heterocycles. The number of hydrogen-bond acceptors (Lipinski definition) is 2. The van der Waals surface area contributed by atoms with Gasteiger partial charge in [-0.1, -0.05) is 37.3 Å². The lowest BCUT2D eigenvalue weighted by molar-refractivity contribution is -0.156. The Balaban J connectivity index is 2.65. The summed E-state index contributed by atoms with van der Waals surface area (Å²) in [6, 6.07) is 9.71. The Morgan fingerprint density at radius 1 is 1.26 bits per heavy atom. The molecule has 0 unspecified atom stereocenters. The van der Waals surface area contributed by atoms with Crippen molar-refractivity contribution >= 4 is 11.9 Å². The first-order valence-corrected chi connectivity index (χ1v) is 6.45. The van der Waals surface area contributed by atoms with E-state index in [9.17, 15) is 14.7 Å². The summed E-state index contributed by atoms with van der Waals surface area (Å²) >= 11 is 0. The van der Waals surface area contributed by atoms with Crippen molar-refractivity contribution in [2.24, 2.45) is 0 Å². The Labute approximate surface area is 114 Å². The van der Waals surface area contributed by atoms with Crippen LogP contribution in [-0.2, 0) is 16.0 Å². The molecule has 0 radical (unpaired) electrons. The van der Waals surface area contributed by atoms with Gasteiger partial charge < -0.3 is 10.0 Å². The number of carboxylic acids is 1. The third-order valence-corrected chi connectivity index (χ3v) is 3.73. The van der Waals surface area contributed by atoms with E-state index in [0.717, 1.165) is 5.56 Å². The van der Waals surface area contributed by atoms with Crippen molar-refractivity contribution in [3.63, 3.8) is 0 Å². The molecule has 1 aromatic rings. The number of carbonyl (C=O) groups excluding carboxylic acids is 1. The average Bonchev–Trinajstić information content (AvgIpc) is 2.43. The fourth-order valence-corrected chi connectivity index (χ4v) is 1.87. The summed E-state index contributed by atoms with van der Waals surface area (Å²) in [5.41, 5.74) is -0.0499. The van der Waals surface area contributed by atoms with Gasteiger partial charge in [0.05, 0.1) is 0 Å². The highest BCUT2D eigenvalue weighted by atomic mass is 16.4. The number of aliphatic carboxylic acids is 1. The number of nitrogens with zero attached hydrogens (tertiary/aromatic N) is 1. The summed E-state index contributed by atoms with van der Waals surface area (Å²) in [6.45, 7) is 3.35. The van der Waals surface area contributed by atoms with Gasteiger partial charge in [-0.3, -0.25) is 4.79 Å². The molecule has 1 atom stereocenters. The lowest BCUT2D eigenvalue weighted by Crippen LogP contribution is -2.52. The minimum absolute atomic E-state index is 0.143. The van der Waals surface area contributed by atoms with Gasteiger partial charge in [0, 0.05) is 13.5 Å². The van der Waals surface area contributed by atoms with Crippen LogP contribution in [0.15, 0.2) is 30.3 Å². The monoisotopic (exact) mass is 263 g/mol. The van der Waals surface area contributed by atoms with Crippen LogP contribution in [0.3, 0.4) is 0 Å². The molecule has 0 saturated carbocycles. The Hall–Kier alpha value is -1.84. The van der Waals surface area contributed by atoms with E-state index in [2.05, 4.69) is 0 Å². The second kappa shape index (κ2) is 6.36. The maximum Gasteiger partial charge on any atom is 0.329 e. The van der Waals surface area contributed by atoms with Crippen molar-refractivity contribution in [2.45, 2.75) is 38.6 Å². The predicted octanol–water partition coefficient (Wildman–Crippen LogP) is 2.33. The molecule has 0 aliphatic rings. The van der Waals surface area contributed by atoms with Crippen molar-refractivity contribution < 1.29 is 14.7 Å². The number of amides is 1.